The first-order chi connectivity index (χ1) is 23.5. The van der Waals surface area contributed by atoms with Crippen LogP contribution in [0.5, 0.6) is 5.75 Å². The van der Waals surface area contributed by atoms with E-state index in [2.05, 4.69) is 41.0 Å². The van der Waals surface area contributed by atoms with Gasteiger partial charge in [-0.05, 0) is 95.9 Å². The lowest BCUT2D eigenvalue weighted by Crippen LogP contribution is -2.53. The van der Waals surface area contributed by atoms with Crippen LogP contribution >= 0.6 is 11.6 Å². The van der Waals surface area contributed by atoms with Gasteiger partial charge in [0.15, 0.2) is 6.61 Å². The normalized spacial score (nSPS) is 17.8. The number of hydrogen-bond acceptors (Lipinski definition) is 8. The average Bonchev–Trinajstić information content (AvgIpc) is 3.11. The highest BCUT2D eigenvalue weighted by Crippen LogP contribution is 2.23. The molecule has 272 valence electrons. The molecule has 0 aromatic heterocycles. The molecule has 11 nitrogen and oxygen atoms in total. The molecule has 3 heterocycles. The second-order valence-electron chi connectivity index (χ2n) is 13.2. The third kappa shape index (κ3) is 13.5. The van der Waals surface area contributed by atoms with Crippen molar-refractivity contribution < 1.29 is 24.2 Å². The second-order valence-corrected chi connectivity index (χ2v) is 13.6. The average molecular weight is 701 g/mol. The molecule has 0 spiro atoms. The number of benzene rings is 2. The zero-order valence-electron chi connectivity index (χ0n) is 30.1. The molecule has 3 amide bonds. The minimum Gasteiger partial charge on any atom is -0.506 e. The van der Waals surface area contributed by atoms with E-state index >= 15 is 0 Å². The summed E-state index contributed by atoms with van der Waals surface area (Å²) in [5.74, 6) is 0.0833. The van der Waals surface area contributed by atoms with Crippen molar-refractivity contribution in [2.24, 2.45) is 0 Å². The van der Waals surface area contributed by atoms with E-state index in [-0.39, 0.29) is 24.4 Å². The number of anilines is 1. The van der Waals surface area contributed by atoms with E-state index in [9.17, 15) is 14.4 Å². The number of para-hydroxylation sites is 1. The van der Waals surface area contributed by atoms with Crippen LogP contribution in [0.4, 0.5) is 10.5 Å². The molecule has 0 unspecified atom stereocenters. The molecule has 0 bridgehead atoms. The minimum atomic E-state index is -0.340. The summed E-state index contributed by atoms with van der Waals surface area (Å²) in [5.41, 5.74) is 3.00. The van der Waals surface area contributed by atoms with E-state index in [0.717, 1.165) is 94.7 Å². The molecule has 0 saturated carbocycles. The molecule has 3 fully saturated rings. The van der Waals surface area contributed by atoms with Gasteiger partial charge in [-0.15, -0.1) is 0 Å². The molecule has 3 saturated heterocycles. The van der Waals surface area contributed by atoms with E-state index in [1.807, 2.05) is 43.0 Å². The summed E-state index contributed by atoms with van der Waals surface area (Å²) < 4.78 is 5.36. The zero-order chi connectivity index (χ0) is 35.8. The molecule has 3 aliphatic heterocycles. The smallest absolute Gasteiger partial charge is 0.410 e. The molecule has 0 atom stereocenters. The Hall–Kier alpha value is -3.38. The van der Waals surface area contributed by atoms with Crippen LogP contribution in [0.3, 0.4) is 0 Å². The van der Waals surface area contributed by atoms with Crippen LogP contribution in [0.1, 0.15) is 50.2 Å². The summed E-state index contributed by atoms with van der Waals surface area (Å²) in [6.45, 7) is 14.5. The quantitative estimate of drug-likeness (QED) is 0.367. The topological polar surface area (TPSA) is 109 Å². The summed E-state index contributed by atoms with van der Waals surface area (Å²) in [4.78, 5) is 45.9. The molecular formula is C37H57ClN6O5. The molecule has 12 heteroatoms. The van der Waals surface area contributed by atoms with E-state index in [0.29, 0.717) is 36.6 Å². The fourth-order valence-electron chi connectivity index (χ4n) is 6.41. The number of likely N-dealkylation sites (N-methyl/N-ethyl adjacent to an activating group) is 1. The number of nitrogens with one attached hydrogen (secondary N) is 1. The fourth-order valence-corrected chi connectivity index (χ4v) is 6.64. The van der Waals surface area contributed by atoms with Crippen molar-refractivity contribution in [3.05, 3.63) is 58.6 Å². The largest absolute Gasteiger partial charge is 0.506 e. The van der Waals surface area contributed by atoms with Crippen LogP contribution in [0.15, 0.2) is 42.5 Å². The fraction of sp³-hybridized carbons (Fsp3) is 0.595. The van der Waals surface area contributed by atoms with E-state index in [4.69, 9.17) is 21.4 Å². The molecule has 0 aliphatic carbocycles. The van der Waals surface area contributed by atoms with Crippen LogP contribution in [-0.4, -0.2) is 140 Å². The van der Waals surface area contributed by atoms with Gasteiger partial charge in [0.05, 0.1) is 5.02 Å². The first kappa shape index (κ1) is 40.1. The molecule has 2 aromatic rings. The predicted molar refractivity (Wildman–Crippen MR) is 196 cm³/mol. The first-order valence-corrected chi connectivity index (χ1v) is 17.9. The molecule has 3 aliphatic rings. The molecular weight excluding hydrogens is 644 g/mol. The van der Waals surface area contributed by atoms with Gasteiger partial charge in [0, 0.05) is 70.1 Å². The molecule has 5 rings (SSSR count). The Balaban J connectivity index is 0.000000276. The number of likely N-dealkylation sites (tertiary alicyclic amines) is 2. The van der Waals surface area contributed by atoms with Crippen LogP contribution in [0.2, 0.25) is 5.02 Å². The monoisotopic (exact) mass is 700 g/mol. The Morgan fingerprint density at radius 1 is 0.959 bits per heavy atom. The van der Waals surface area contributed by atoms with Gasteiger partial charge in [0.2, 0.25) is 6.41 Å². The number of hydrogen-bond donors (Lipinski definition) is 2. The van der Waals surface area contributed by atoms with Gasteiger partial charge in [-0.3, -0.25) is 14.5 Å². The summed E-state index contributed by atoms with van der Waals surface area (Å²) in [6, 6.07) is 13.9. The number of piperazine rings is 1. The highest BCUT2D eigenvalue weighted by atomic mass is 35.5. The summed E-state index contributed by atoms with van der Waals surface area (Å²) in [5, 5.41) is 11.9. The predicted octanol–water partition coefficient (Wildman–Crippen LogP) is 5.08. The van der Waals surface area contributed by atoms with Crippen molar-refractivity contribution in [3.8, 4) is 5.75 Å². The number of piperidine rings is 2. The number of phenolic OH excluding ortho intramolecular Hbond substituents is 1. The number of carbonyl (C=O) groups excluding carboxylic acids is 3. The summed E-state index contributed by atoms with van der Waals surface area (Å²) in [6.07, 6.45) is 5.46. The lowest BCUT2D eigenvalue weighted by Gasteiger charge is -2.42. The maximum atomic E-state index is 12.5. The Bertz CT molecular complexity index is 1310. The third-order valence-corrected chi connectivity index (χ3v) is 9.88. The van der Waals surface area contributed by atoms with Crippen molar-refractivity contribution in [2.45, 2.75) is 65.0 Å². The second kappa shape index (κ2) is 21.0. The Labute approximate surface area is 298 Å². The Kier molecular flexibility index (Phi) is 17.1. The Morgan fingerprint density at radius 2 is 1.59 bits per heavy atom. The number of amides is 3. The zero-order valence-corrected chi connectivity index (χ0v) is 30.8. The highest BCUT2D eigenvalue weighted by molar-refractivity contribution is 6.32. The lowest BCUT2D eigenvalue weighted by atomic mass is 10.0. The van der Waals surface area contributed by atoms with Gasteiger partial charge in [0.25, 0.3) is 5.91 Å². The van der Waals surface area contributed by atoms with Crippen molar-refractivity contribution in [2.75, 3.05) is 84.9 Å². The number of rotatable bonds is 8. The number of ether oxygens (including phenoxy) is 1. The van der Waals surface area contributed by atoms with Crippen LogP contribution in [-0.2, 0) is 14.3 Å². The van der Waals surface area contributed by atoms with Crippen LogP contribution in [0.25, 0.3) is 0 Å². The van der Waals surface area contributed by atoms with E-state index in [1.165, 1.54) is 0 Å². The van der Waals surface area contributed by atoms with Gasteiger partial charge >= 0.3 is 6.09 Å². The molecule has 2 N–H and O–H groups in total. The number of aryl methyl sites for hydroxylation is 2. The standard InChI is InChI=1S/C22H41N5O3.C8H9NO.C7H7ClO/c1-4-9-24(3)19-5-12-27(13-6-19)22(29)30-18-21(28)26-10-7-20(8-11-26)25-16-14-23(2)15-17-25;1-7-4-2-3-5-8(7)9-6-10;1-5-2-3-7(9)6(8)4-5/h19-20H,4-18H2,1-3H3;2-6H,1H3,(H,9,10);2-4,9H,1H3. The van der Waals surface area contributed by atoms with Gasteiger partial charge in [-0.1, -0.05) is 42.8 Å². The summed E-state index contributed by atoms with van der Waals surface area (Å²) >= 11 is 5.56. The number of carbonyl (C=O) groups is 3. The number of halogens is 1. The van der Waals surface area contributed by atoms with Gasteiger partial charge < -0.3 is 34.8 Å². The van der Waals surface area contributed by atoms with Crippen molar-refractivity contribution >= 4 is 35.7 Å². The van der Waals surface area contributed by atoms with Crippen molar-refractivity contribution in [1.82, 2.24) is 24.5 Å². The molecule has 2 aromatic carbocycles. The summed E-state index contributed by atoms with van der Waals surface area (Å²) in [7, 11) is 4.33. The van der Waals surface area contributed by atoms with Crippen molar-refractivity contribution in [3.63, 3.8) is 0 Å². The van der Waals surface area contributed by atoms with Gasteiger partial charge in [-0.25, -0.2) is 4.79 Å². The minimum absolute atomic E-state index is 0.0576. The molecule has 49 heavy (non-hydrogen) atoms. The number of aromatic hydroxyl groups is 1. The Morgan fingerprint density at radius 3 is 2.16 bits per heavy atom. The van der Waals surface area contributed by atoms with Crippen LogP contribution < -0.4 is 5.32 Å². The maximum absolute atomic E-state index is 12.5. The van der Waals surface area contributed by atoms with Gasteiger partial charge in [0.1, 0.15) is 5.75 Å². The molecule has 0 radical (unpaired) electrons. The van der Waals surface area contributed by atoms with Crippen molar-refractivity contribution in [1.29, 1.82) is 0 Å². The number of phenols is 1. The number of nitrogens with zero attached hydrogens (tertiary/aromatic N) is 5. The van der Waals surface area contributed by atoms with E-state index < -0.39 is 0 Å². The maximum Gasteiger partial charge on any atom is 0.410 e. The van der Waals surface area contributed by atoms with Gasteiger partial charge in [-0.2, -0.15) is 0 Å². The third-order valence-electron chi connectivity index (χ3n) is 9.58. The lowest BCUT2D eigenvalue weighted by molar-refractivity contribution is -0.136. The SMILES string of the molecule is CCCN(C)C1CCN(C(=O)OCC(=O)N2CCC(N3CCN(C)CC3)CC2)CC1.Cc1ccc(O)c(Cl)c1.Cc1ccccc1NC=O. The van der Waals surface area contributed by atoms with E-state index in [1.54, 1.807) is 23.1 Å². The highest BCUT2D eigenvalue weighted by Gasteiger charge is 2.30. The first-order valence-electron chi connectivity index (χ1n) is 17.6. The van der Waals surface area contributed by atoms with Crippen LogP contribution in [0, 0.1) is 13.8 Å².